The highest BCUT2D eigenvalue weighted by Gasteiger charge is 2.12. The normalized spacial score (nSPS) is 15.6. The zero-order valence-electron chi connectivity index (χ0n) is 16.9. The number of rotatable bonds is 8. The Morgan fingerprint density at radius 1 is 1.18 bits per heavy atom. The molecule has 1 aromatic heterocycles. The fraction of sp³-hybridized carbons (Fsp3) is 0.524. The summed E-state index contributed by atoms with van der Waals surface area (Å²) in [6.07, 6.45) is 3.00. The smallest absolute Gasteiger partial charge is 0.191 e. The maximum atomic E-state index is 5.46. The molecular formula is C21H31N5OS. The Morgan fingerprint density at radius 3 is 2.68 bits per heavy atom. The maximum absolute atomic E-state index is 5.46. The zero-order chi connectivity index (χ0) is 19.6. The molecule has 0 radical (unpaired) electrons. The summed E-state index contributed by atoms with van der Waals surface area (Å²) in [6, 6.07) is 8.59. The average molecular weight is 402 g/mol. The summed E-state index contributed by atoms with van der Waals surface area (Å²) in [7, 11) is 0. The monoisotopic (exact) mass is 401 g/mol. The number of aryl methyl sites for hydroxylation is 1. The molecule has 1 fully saturated rings. The van der Waals surface area contributed by atoms with E-state index < -0.39 is 0 Å². The summed E-state index contributed by atoms with van der Waals surface area (Å²) >= 11 is 1.76. The lowest BCUT2D eigenvalue weighted by Crippen LogP contribution is -2.37. The highest BCUT2D eigenvalue weighted by Crippen LogP contribution is 2.15. The van der Waals surface area contributed by atoms with Gasteiger partial charge >= 0.3 is 0 Å². The lowest BCUT2D eigenvalue weighted by molar-refractivity contribution is 0.0341. The van der Waals surface area contributed by atoms with Crippen LogP contribution < -0.4 is 10.6 Å². The van der Waals surface area contributed by atoms with Crippen molar-refractivity contribution < 1.29 is 4.74 Å². The van der Waals surface area contributed by atoms with Crippen LogP contribution >= 0.6 is 11.3 Å². The van der Waals surface area contributed by atoms with Gasteiger partial charge in [0.2, 0.25) is 0 Å². The third-order valence-corrected chi connectivity index (χ3v) is 5.87. The van der Waals surface area contributed by atoms with Gasteiger partial charge in [0, 0.05) is 37.3 Å². The number of aliphatic imine (C=N–C) groups is 1. The van der Waals surface area contributed by atoms with Gasteiger partial charge in [0.25, 0.3) is 0 Å². The molecule has 152 valence electrons. The molecule has 1 aliphatic heterocycles. The van der Waals surface area contributed by atoms with Crippen LogP contribution in [0.15, 0.2) is 35.5 Å². The van der Waals surface area contributed by atoms with Gasteiger partial charge in [-0.1, -0.05) is 31.2 Å². The van der Waals surface area contributed by atoms with E-state index in [1.807, 2.05) is 6.20 Å². The Hall–Kier alpha value is -1.96. The zero-order valence-corrected chi connectivity index (χ0v) is 17.7. The van der Waals surface area contributed by atoms with Crippen molar-refractivity contribution in [3.8, 4) is 0 Å². The number of ether oxygens (including phenoxy) is 1. The number of benzene rings is 1. The minimum absolute atomic E-state index is 0.661. The second-order valence-corrected chi connectivity index (χ2v) is 7.98. The average Bonchev–Trinajstić information content (AvgIpc) is 3.20. The lowest BCUT2D eigenvalue weighted by atomic mass is 10.1. The van der Waals surface area contributed by atoms with E-state index in [9.17, 15) is 0 Å². The maximum Gasteiger partial charge on any atom is 0.191 e. The summed E-state index contributed by atoms with van der Waals surface area (Å²) in [4.78, 5) is 13.0. The van der Waals surface area contributed by atoms with Crippen LogP contribution in [-0.2, 0) is 30.8 Å². The molecule has 0 saturated carbocycles. The molecule has 0 spiro atoms. The van der Waals surface area contributed by atoms with Gasteiger partial charge in [-0.05, 0) is 24.5 Å². The van der Waals surface area contributed by atoms with Crippen LogP contribution in [0.1, 0.15) is 34.9 Å². The van der Waals surface area contributed by atoms with E-state index in [-0.39, 0.29) is 0 Å². The number of hydrogen-bond donors (Lipinski definition) is 2. The fourth-order valence-corrected chi connectivity index (χ4v) is 3.93. The van der Waals surface area contributed by atoms with E-state index in [0.29, 0.717) is 13.1 Å². The Balaban J connectivity index is 1.61. The van der Waals surface area contributed by atoms with E-state index in [1.165, 1.54) is 16.0 Å². The number of hydrogen-bond acceptors (Lipinski definition) is 5. The minimum Gasteiger partial charge on any atom is -0.379 e. The molecule has 6 nitrogen and oxygen atoms in total. The quantitative estimate of drug-likeness (QED) is 0.526. The Kier molecular flexibility index (Phi) is 8.26. The topological polar surface area (TPSA) is 61.8 Å². The fourth-order valence-electron chi connectivity index (χ4n) is 3.12. The first-order valence-corrected chi connectivity index (χ1v) is 10.9. The van der Waals surface area contributed by atoms with Gasteiger partial charge in [-0.3, -0.25) is 4.90 Å². The molecule has 1 aromatic carbocycles. The van der Waals surface area contributed by atoms with Crippen molar-refractivity contribution in [2.45, 2.75) is 39.9 Å². The number of aromatic nitrogens is 1. The molecule has 0 aliphatic carbocycles. The predicted molar refractivity (Wildman–Crippen MR) is 116 cm³/mol. The third kappa shape index (κ3) is 6.29. The molecule has 1 saturated heterocycles. The SMILES string of the molecule is CCNC(=NCc1ccccc1CN1CCOCC1)NCc1ncc(CC)s1. The first kappa shape index (κ1) is 20.8. The van der Waals surface area contributed by atoms with E-state index >= 15 is 0 Å². The highest BCUT2D eigenvalue weighted by molar-refractivity contribution is 7.11. The first-order chi connectivity index (χ1) is 13.8. The summed E-state index contributed by atoms with van der Waals surface area (Å²) in [5.74, 6) is 0.830. The van der Waals surface area contributed by atoms with Crippen molar-refractivity contribution in [3.63, 3.8) is 0 Å². The summed E-state index contributed by atoms with van der Waals surface area (Å²) in [5, 5.41) is 7.83. The number of nitrogens with zero attached hydrogens (tertiary/aromatic N) is 3. The van der Waals surface area contributed by atoms with Crippen molar-refractivity contribution in [3.05, 3.63) is 51.5 Å². The second-order valence-electron chi connectivity index (χ2n) is 6.78. The molecule has 1 aliphatic rings. The minimum atomic E-state index is 0.661. The first-order valence-electron chi connectivity index (χ1n) is 10.1. The lowest BCUT2D eigenvalue weighted by Gasteiger charge is -2.27. The number of guanidine groups is 1. The summed E-state index contributed by atoms with van der Waals surface area (Å²) < 4.78 is 5.46. The predicted octanol–water partition coefficient (Wildman–Crippen LogP) is 2.79. The van der Waals surface area contributed by atoms with E-state index in [1.54, 1.807) is 11.3 Å². The van der Waals surface area contributed by atoms with Gasteiger partial charge in [-0.25, -0.2) is 9.98 Å². The van der Waals surface area contributed by atoms with Crippen LogP contribution in [0.4, 0.5) is 0 Å². The summed E-state index contributed by atoms with van der Waals surface area (Å²) in [6.45, 7) is 11.0. The van der Waals surface area contributed by atoms with Gasteiger partial charge in [0.1, 0.15) is 5.01 Å². The van der Waals surface area contributed by atoms with E-state index in [0.717, 1.165) is 56.8 Å². The summed E-state index contributed by atoms with van der Waals surface area (Å²) in [5.41, 5.74) is 2.62. The van der Waals surface area contributed by atoms with E-state index in [2.05, 4.69) is 58.6 Å². The van der Waals surface area contributed by atoms with Crippen LogP contribution in [0.2, 0.25) is 0 Å². The van der Waals surface area contributed by atoms with Crippen molar-refractivity contribution in [1.29, 1.82) is 0 Å². The second kappa shape index (κ2) is 11.1. The van der Waals surface area contributed by atoms with Crippen LogP contribution in [-0.4, -0.2) is 48.7 Å². The Bertz CT molecular complexity index is 755. The third-order valence-electron chi connectivity index (χ3n) is 4.72. The molecule has 28 heavy (non-hydrogen) atoms. The number of morpholine rings is 1. The Morgan fingerprint density at radius 2 is 1.96 bits per heavy atom. The number of thiazole rings is 1. The van der Waals surface area contributed by atoms with Gasteiger partial charge in [0.05, 0.1) is 26.3 Å². The van der Waals surface area contributed by atoms with Gasteiger partial charge in [-0.15, -0.1) is 11.3 Å². The van der Waals surface area contributed by atoms with Gasteiger partial charge < -0.3 is 15.4 Å². The molecule has 2 N–H and O–H groups in total. The molecule has 0 bridgehead atoms. The highest BCUT2D eigenvalue weighted by atomic mass is 32.1. The van der Waals surface area contributed by atoms with Crippen molar-refractivity contribution in [2.75, 3.05) is 32.8 Å². The molecule has 2 aromatic rings. The van der Waals surface area contributed by atoms with Crippen molar-refractivity contribution in [2.24, 2.45) is 4.99 Å². The molecule has 0 amide bonds. The van der Waals surface area contributed by atoms with Crippen LogP contribution in [0.3, 0.4) is 0 Å². The molecule has 3 rings (SSSR count). The van der Waals surface area contributed by atoms with E-state index in [4.69, 9.17) is 9.73 Å². The molecule has 7 heteroatoms. The molecule has 0 atom stereocenters. The van der Waals surface area contributed by atoms with Crippen molar-refractivity contribution in [1.82, 2.24) is 20.5 Å². The van der Waals surface area contributed by atoms with Crippen molar-refractivity contribution >= 4 is 17.3 Å². The standard InChI is InChI=1S/C21H31N5OS/c1-3-19-14-23-20(28-19)15-25-21(22-4-2)24-13-17-7-5-6-8-18(17)16-26-9-11-27-12-10-26/h5-8,14H,3-4,9-13,15-16H2,1-2H3,(H2,22,24,25). The van der Waals surface area contributed by atoms with Gasteiger partial charge in [-0.2, -0.15) is 0 Å². The van der Waals surface area contributed by atoms with Crippen LogP contribution in [0, 0.1) is 0 Å². The number of nitrogens with one attached hydrogen (secondary N) is 2. The molecule has 0 unspecified atom stereocenters. The van der Waals surface area contributed by atoms with Crippen LogP contribution in [0.5, 0.6) is 0 Å². The van der Waals surface area contributed by atoms with Crippen LogP contribution in [0.25, 0.3) is 0 Å². The van der Waals surface area contributed by atoms with Gasteiger partial charge in [0.15, 0.2) is 5.96 Å². The Labute approximate surface area is 172 Å². The molecular weight excluding hydrogens is 370 g/mol. The largest absolute Gasteiger partial charge is 0.379 e. The molecule has 2 heterocycles.